The Bertz CT molecular complexity index is 929. The van der Waals surface area contributed by atoms with Gasteiger partial charge in [0, 0.05) is 30.9 Å². The van der Waals surface area contributed by atoms with Crippen LogP contribution in [-0.4, -0.2) is 45.8 Å². The number of hydrogen-bond acceptors (Lipinski definition) is 6. The monoisotopic (exact) mass is 334 g/mol. The van der Waals surface area contributed by atoms with Gasteiger partial charge < -0.3 is 15.5 Å². The molecule has 1 aliphatic rings. The zero-order chi connectivity index (χ0) is 17.2. The van der Waals surface area contributed by atoms with Crippen molar-refractivity contribution in [3.05, 3.63) is 48.0 Å². The number of benzene rings is 1. The van der Waals surface area contributed by atoms with E-state index >= 15 is 0 Å². The van der Waals surface area contributed by atoms with E-state index in [0.717, 1.165) is 45.6 Å². The van der Waals surface area contributed by atoms with Crippen molar-refractivity contribution in [3.8, 4) is 28.5 Å². The predicted octanol–water partition coefficient (Wildman–Crippen LogP) is 1.85. The first kappa shape index (κ1) is 15.5. The van der Waals surface area contributed by atoms with Crippen LogP contribution < -0.4 is 10.5 Å². The van der Waals surface area contributed by atoms with Gasteiger partial charge in [-0.3, -0.25) is 15.0 Å². The van der Waals surface area contributed by atoms with Gasteiger partial charge in [0.05, 0.1) is 30.8 Å². The molecule has 0 amide bonds. The van der Waals surface area contributed by atoms with Gasteiger partial charge in [0.15, 0.2) is 0 Å². The van der Waals surface area contributed by atoms with Gasteiger partial charge in [0.1, 0.15) is 23.0 Å². The van der Waals surface area contributed by atoms with Crippen molar-refractivity contribution in [2.75, 3.05) is 20.2 Å². The minimum absolute atomic E-state index is 0.502. The molecule has 0 saturated carbocycles. The van der Waals surface area contributed by atoms with Crippen molar-refractivity contribution < 1.29 is 4.74 Å². The fourth-order valence-corrected chi connectivity index (χ4v) is 2.92. The van der Waals surface area contributed by atoms with Crippen LogP contribution in [0.3, 0.4) is 0 Å². The Kier molecular flexibility index (Phi) is 3.99. The lowest BCUT2D eigenvalue weighted by molar-refractivity contribution is 0.415. The van der Waals surface area contributed by atoms with Gasteiger partial charge in [-0.15, -0.1) is 0 Å². The van der Waals surface area contributed by atoms with Crippen molar-refractivity contribution in [2.45, 2.75) is 6.42 Å². The zero-order valence-electron chi connectivity index (χ0n) is 13.9. The number of aromatic nitrogens is 4. The number of nitrogens with two attached hydrogens (primary N) is 1. The quantitative estimate of drug-likeness (QED) is 0.758. The van der Waals surface area contributed by atoms with Crippen LogP contribution in [0, 0.1) is 0 Å². The Balaban J connectivity index is 1.83. The molecule has 0 atom stereocenters. The molecule has 7 heteroatoms. The largest absolute Gasteiger partial charge is 0.497 e. The summed E-state index contributed by atoms with van der Waals surface area (Å²) in [5.41, 5.74) is 10.9. The second-order valence-electron chi connectivity index (χ2n) is 5.68. The summed E-state index contributed by atoms with van der Waals surface area (Å²) in [6.07, 6.45) is 4.01. The summed E-state index contributed by atoms with van der Waals surface area (Å²) >= 11 is 0. The van der Waals surface area contributed by atoms with E-state index in [9.17, 15) is 0 Å². The molecule has 7 nitrogen and oxygen atoms in total. The van der Waals surface area contributed by atoms with Gasteiger partial charge >= 0.3 is 0 Å². The summed E-state index contributed by atoms with van der Waals surface area (Å²) in [5, 5.41) is 0. The zero-order valence-corrected chi connectivity index (χ0v) is 13.9. The van der Waals surface area contributed by atoms with Crippen molar-refractivity contribution >= 4 is 5.71 Å². The van der Waals surface area contributed by atoms with Crippen molar-refractivity contribution in [2.24, 2.45) is 10.7 Å². The number of H-pyrrole nitrogens is 1. The Morgan fingerprint density at radius 1 is 1.16 bits per heavy atom. The summed E-state index contributed by atoms with van der Waals surface area (Å²) < 4.78 is 5.21. The van der Waals surface area contributed by atoms with Crippen LogP contribution in [0.4, 0.5) is 0 Å². The summed E-state index contributed by atoms with van der Waals surface area (Å²) in [7, 11) is 1.65. The molecule has 3 aromatic rings. The normalized spacial score (nSPS) is 14.2. The van der Waals surface area contributed by atoms with E-state index in [4.69, 9.17) is 15.5 Å². The molecule has 0 radical (unpaired) electrons. The molecule has 3 N–H and O–H groups in total. The van der Waals surface area contributed by atoms with Gasteiger partial charge in [-0.25, -0.2) is 4.98 Å². The summed E-state index contributed by atoms with van der Waals surface area (Å²) in [4.78, 5) is 21.7. The highest BCUT2D eigenvalue weighted by molar-refractivity contribution is 6.08. The highest BCUT2D eigenvalue weighted by atomic mass is 16.5. The first-order chi connectivity index (χ1) is 12.3. The first-order valence-corrected chi connectivity index (χ1v) is 8.08. The van der Waals surface area contributed by atoms with Crippen molar-refractivity contribution in [1.29, 1.82) is 0 Å². The average Bonchev–Trinajstić information content (AvgIpc) is 3.12. The van der Waals surface area contributed by atoms with Crippen LogP contribution in [0.2, 0.25) is 0 Å². The molecule has 0 spiro atoms. The van der Waals surface area contributed by atoms with Crippen molar-refractivity contribution in [3.63, 3.8) is 0 Å². The predicted molar refractivity (Wildman–Crippen MR) is 95.8 cm³/mol. The van der Waals surface area contributed by atoms with E-state index in [2.05, 4.69) is 19.9 Å². The molecule has 25 heavy (non-hydrogen) atoms. The van der Waals surface area contributed by atoms with E-state index in [-0.39, 0.29) is 0 Å². The molecule has 0 aliphatic heterocycles. The highest BCUT2D eigenvalue weighted by Crippen LogP contribution is 2.32. The van der Waals surface area contributed by atoms with Crippen LogP contribution in [0.1, 0.15) is 11.4 Å². The second-order valence-corrected chi connectivity index (χ2v) is 5.68. The fourth-order valence-electron chi connectivity index (χ4n) is 2.92. The molecule has 0 unspecified atom stereocenters. The van der Waals surface area contributed by atoms with Gasteiger partial charge in [0.2, 0.25) is 0 Å². The lowest BCUT2D eigenvalue weighted by Gasteiger charge is -2.14. The number of rotatable bonds is 4. The van der Waals surface area contributed by atoms with E-state index in [1.54, 1.807) is 19.5 Å². The third-order valence-corrected chi connectivity index (χ3v) is 4.12. The Labute approximate surface area is 145 Å². The summed E-state index contributed by atoms with van der Waals surface area (Å²) in [6.45, 7) is 1.07. The number of aliphatic imine (C=N–C) groups is 1. The maximum absolute atomic E-state index is 5.61. The van der Waals surface area contributed by atoms with Gasteiger partial charge in [0.25, 0.3) is 0 Å². The topological polar surface area (TPSA) is 102 Å². The highest BCUT2D eigenvalue weighted by Gasteiger charge is 2.27. The lowest BCUT2D eigenvalue weighted by atomic mass is 9.99. The van der Waals surface area contributed by atoms with E-state index in [1.165, 1.54) is 0 Å². The fraction of sp³-hybridized carbons (Fsp3) is 0.222. The van der Waals surface area contributed by atoms with E-state index in [0.29, 0.717) is 19.5 Å². The number of aromatic amines is 1. The molecular formula is C18H18N6O. The smallest absolute Gasteiger partial charge is 0.138 e. The van der Waals surface area contributed by atoms with Crippen LogP contribution in [0.15, 0.2) is 41.7 Å². The average molecular weight is 334 g/mol. The van der Waals surface area contributed by atoms with Gasteiger partial charge in [-0.05, 0) is 24.3 Å². The minimum atomic E-state index is 0.502. The first-order valence-electron chi connectivity index (χ1n) is 8.08. The second kappa shape index (κ2) is 6.45. The SMILES string of the molecule is COc1ccc(-c2nc3c([nH]2)-c2nccnc2CC3=NCCN)cc1. The van der Waals surface area contributed by atoms with Crippen molar-refractivity contribution in [1.82, 2.24) is 19.9 Å². The number of fused-ring (bicyclic) bond motifs is 3. The van der Waals surface area contributed by atoms with Crippen LogP contribution >= 0.6 is 0 Å². The van der Waals surface area contributed by atoms with E-state index < -0.39 is 0 Å². The molecule has 0 fully saturated rings. The molecule has 126 valence electrons. The number of nitrogens with one attached hydrogen (secondary N) is 1. The maximum Gasteiger partial charge on any atom is 0.138 e. The summed E-state index contributed by atoms with van der Waals surface area (Å²) in [5.74, 6) is 1.58. The molecule has 2 aromatic heterocycles. The molecular weight excluding hydrogens is 316 g/mol. The Hall–Kier alpha value is -3.06. The molecule has 1 aliphatic carbocycles. The Morgan fingerprint density at radius 3 is 2.72 bits per heavy atom. The minimum Gasteiger partial charge on any atom is -0.497 e. The standard InChI is InChI=1S/C18H18N6O/c1-25-12-4-2-11(3-5-12)18-23-16-14(20-7-6-19)10-13-15(17(16)24-18)22-9-8-21-13/h2-5,8-9H,6-7,10,19H2,1H3,(H,23,24). The summed E-state index contributed by atoms with van der Waals surface area (Å²) in [6, 6.07) is 7.76. The molecule has 0 bridgehead atoms. The molecule has 1 aromatic carbocycles. The molecule has 2 heterocycles. The number of imidazole rings is 1. The maximum atomic E-state index is 5.61. The number of methoxy groups -OCH3 is 1. The third-order valence-electron chi connectivity index (χ3n) is 4.12. The molecule has 4 rings (SSSR count). The number of ether oxygens (including phenoxy) is 1. The number of nitrogens with zero attached hydrogens (tertiary/aromatic N) is 4. The third kappa shape index (κ3) is 2.78. The molecule has 0 saturated heterocycles. The van der Waals surface area contributed by atoms with Gasteiger partial charge in [-0.2, -0.15) is 0 Å². The van der Waals surface area contributed by atoms with Crippen LogP contribution in [0.5, 0.6) is 5.75 Å². The number of hydrogen-bond donors (Lipinski definition) is 2. The van der Waals surface area contributed by atoms with E-state index in [1.807, 2.05) is 24.3 Å². The Morgan fingerprint density at radius 2 is 1.96 bits per heavy atom. The lowest BCUT2D eigenvalue weighted by Crippen LogP contribution is -2.17. The van der Waals surface area contributed by atoms with Crippen LogP contribution in [0.25, 0.3) is 22.8 Å². The van der Waals surface area contributed by atoms with Gasteiger partial charge in [-0.1, -0.05) is 0 Å². The van der Waals surface area contributed by atoms with Crippen LogP contribution in [-0.2, 0) is 6.42 Å².